The van der Waals surface area contributed by atoms with Gasteiger partial charge < -0.3 is 14.9 Å². The molecule has 1 aliphatic heterocycles. The maximum absolute atomic E-state index is 11.8. The van der Waals surface area contributed by atoms with Crippen LogP contribution < -0.4 is 0 Å². The van der Waals surface area contributed by atoms with Gasteiger partial charge in [0.25, 0.3) is 0 Å². The van der Waals surface area contributed by atoms with Gasteiger partial charge >= 0.3 is 5.97 Å². The number of Topliss-reactive ketones (excluding diaryl/α,β-unsaturated/α-hetero) is 2. The third-order valence-electron chi connectivity index (χ3n) is 3.38. The largest absolute Gasteiger partial charge is 0.444 e. The van der Waals surface area contributed by atoms with E-state index in [9.17, 15) is 19.5 Å². The van der Waals surface area contributed by atoms with E-state index >= 15 is 0 Å². The highest BCUT2D eigenvalue weighted by molar-refractivity contribution is 6.19. The lowest BCUT2D eigenvalue weighted by molar-refractivity contribution is -0.155. The Hall–Kier alpha value is -1.27. The number of hydrogen-bond donors (Lipinski definition) is 2. The molecule has 0 aromatic heterocycles. The van der Waals surface area contributed by atoms with Gasteiger partial charge in [0.15, 0.2) is 0 Å². The van der Waals surface area contributed by atoms with E-state index in [2.05, 4.69) is 4.74 Å². The third-order valence-corrected chi connectivity index (χ3v) is 3.38. The minimum absolute atomic E-state index is 0.174. The fourth-order valence-corrected chi connectivity index (χ4v) is 2.36. The second-order valence-corrected chi connectivity index (χ2v) is 4.51. The quantitative estimate of drug-likeness (QED) is 0.484. The monoisotopic (exact) mass is 242 g/mol. The molecule has 0 amide bonds. The smallest absolute Gasteiger partial charge is 0.344 e. The highest BCUT2D eigenvalue weighted by Gasteiger charge is 2.49. The van der Waals surface area contributed by atoms with Crippen molar-refractivity contribution in [3.8, 4) is 0 Å². The van der Waals surface area contributed by atoms with Crippen LogP contribution in [0.3, 0.4) is 0 Å². The number of aliphatic hydroxyl groups is 2. The van der Waals surface area contributed by atoms with Gasteiger partial charge in [-0.15, -0.1) is 0 Å². The van der Waals surface area contributed by atoms with Gasteiger partial charge in [-0.3, -0.25) is 9.59 Å². The Morgan fingerprint density at radius 1 is 1.29 bits per heavy atom. The first-order valence-electron chi connectivity index (χ1n) is 5.66. The summed E-state index contributed by atoms with van der Waals surface area (Å²) in [6, 6.07) is 0. The van der Waals surface area contributed by atoms with Crippen molar-refractivity contribution in [2.75, 3.05) is 0 Å². The molecule has 2 fully saturated rings. The lowest BCUT2D eigenvalue weighted by atomic mass is 9.93. The van der Waals surface area contributed by atoms with Crippen LogP contribution in [0.15, 0.2) is 0 Å². The van der Waals surface area contributed by atoms with E-state index in [0.29, 0.717) is 0 Å². The Morgan fingerprint density at radius 2 is 1.88 bits per heavy atom. The maximum atomic E-state index is 11.8. The average Bonchev–Trinajstić information content (AvgIpc) is 2.92. The van der Waals surface area contributed by atoms with Crippen molar-refractivity contribution in [1.82, 2.24) is 0 Å². The van der Waals surface area contributed by atoms with Crippen LogP contribution in [0.5, 0.6) is 0 Å². The number of aliphatic hydroxyl groups excluding tert-OH is 2. The van der Waals surface area contributed by atoms with Crippen molar-refractivity contribution < 1.29 is 29.3 Å². The Bertz CT molecular complexity index is 357. The zero-order valence-electron chi connectivity index (χ0n) is 9.17. The number of carbonyl (C=O) groups excluding carboxylic acids is 3. The Kier molecular flexibility index (Phi) is 3.26. The number of carbonyl (C=O) groups is 3. The fraction of sp³-hybridized carbons (Fsp3) is 0.727. The maximum Gasteiger partial charge on any atom is 0.344 e. The van der Waals surface area contributed by atoms with Crippen molar-refractivity contribution in [3.05, 3.63) is 0 Å². The number of hydrogen-bond acceptors (Lipinski definition) is 6. The number of ketones is 2. The topological polar surface area (TPSA) is 101 Å². The SMILES string of the molecule is O=C1O[C@H](C(=O)C(O)C2CCCC2)C(=O)C1O. The Labute approximate surface area is 97.6 Å². The van der Waals surface area contributed by atoms with Gasteiger partial charge in [0, 0.05) is 0 Å². The summed E-state index contributed by atoms with van der Waals surface area (Å²) < 4.78 is 4.48. The van der Waals surface area contributed by atoms with Crippen molar-refractivity contribution in [1.29, 1.82) is 0 Å². The number of rotatable bonds is 3. The first kappa shape index (κ1) is 12.2. The molecule has 6 nitrogen and oxygen atoms in total. The van der Waals surface area contributed by atoms with E-state index in [4.69, 9.17) is 5.11 Å². The number of esters is 1. The summed E-state index contributed by atoms with van der Waals surface area (Å²) in [6.07, 6.45) is -1.47. The molecular weight excluding hydrogens is 228 g/mol. The highest BCUT2D eigenvalue weighted by Crippen LogP contribution is 2.29. The molecule has 0 bridgehead atoms. The number of cyclic esters (lactones) is 1. The van der Waals surface area contributed by atoms with Crippen LogP contribution >= 0.6 is 0 Å². The Morgan fingerprint density at radius 3 is 2.35 bits per heavy atom. The second-order valence-electron chi connectivity index (χ2n) is 4.51. The van der Waals surface area contributed by atoms with Gasteiger partial charge in [0.05, 0.1) is 0 Å². The fourth-order valence-electron chi connectivity index (χ4n) is 2.36. The molecule has 6 heteroatoms. The van der Waals surface area contributed by atoms with Crippen LogP contribution in [-0.4, -0.2) is 46.1 Å². The lowest BCUT2D eigenvalue weighted by Crippen LogP contribution is -2.41. The van der Waals surface area contributed by atoms with E-state index in [-0.39, 0.29) is 5.92 Å². The molecule has 1 aliphatic carbocycles. The summed E-state index contributed by atoms with van der Waals surface area (Å²) in [5, 5.41) is 18.9. The second kappa shape index (κ2) is 4.54. The van der Waals surface area contributed by atoms with Gasteiger partial charge in [-0.1, -0.05) is 12.8 Å². The van der Waals surface area contributed by atoms with Gasteiger partial charge in [-0.2, -0.15) is 0 Å². The van der Waals surface area contributed by atoms with Gasteiger partial charge in [0.2, 0.25) is 23.8 Å². The van der Waals surface area contributed by atoms with Crippen LogP contribution in [0.2, 0.25) is 0 Å². The number of ether oxygens (including phenoxy) is 1. The normalized spacial score (nSPS) is 31.6. The van der Waals surface area contributed by atoms with Gasteiger partial charge in [-0.25, -0.2) is 4.79 Å². The molecule has 0 spiro atoms. The average molecular weight is 242 g/mol. The van der Waals surface area contributed by atoms with Crippen molar-refractivity contribution in [3.63, 3.8) is 0 Å². The first-order chi connectivity index (χ1) is 8.02. The van der Waals surface area contributed by atoms with Crippen molar-refractivity contribution in [2.45, 2.75) is 44.0 Å². The summed E-state index contributed by atoms with van der Waals surface area (Å²) >= 11 is 0. The zero-order valence-corrected chi connectivity index (χ0v) is 9.17. The summed E-state index contributed by atoms with van der Waals surface area (Å²) in [5.74, 6) is -3.08. The molecule has 1 heterocycles. The van der Waals surface area contributed by atoms with Crippen LogP contribution in [0, 0.1) is 5.92 Å². The predicted molar refractivity (Wildman–Crippen MR) is 53.9 cm³/mol. The third kappa shape index (κ3) is 2.10. The molecular formula is C11H14O6. The van der Waals surface area contributed by atoms with E-state index in [0.717, 1.165) is 25.7 Å². The lowest BCUT2D eigenvalue weighted by Gasteiger charge is -2.18. The molecule has 0 aromatic carbocycles. The summed E-state index contributed by atoms with van der Waals surface area (Å²) in [5.41, 5.74) is 0. The first-order valence-corrected chi connectivity index (χ1v) is 5.66. The molecule has 0 aromatic rings. The van der Waals surface area contributed by atoms with E-state index in [1.807, 2.05) is 0 Å². The molecule has 2 unspecified atom stereocenters. The van der Waals surface area contributed by atoms with Gasteiger partial charge in [-0.05, 0) is 18.8 Å². The zero-order chi connectivity index (χ0) is 12.6. The minimum Gasteiger partial charge on any atom is -0.444 e. The van der Waals surface area contributed by atoms with Crippen LogP contribution in [0.1, 0.15) is 25.7 Å². The minimum atomic E-state index is -1.89. The molecule has 2 N–H and O–H groups in total. The summed E-state index contributed by atoms with van der Waals surface area (Å²) in [4.78, 5) is 34.0. The molecule has 94 valence electrons. The molecule has 2 rings (SSSR count). The summed E-state index contributed by atoms with van der Waals surface area (Å²) in [7, 11) is 0. The predicted octanol–water partition coefficient (Wildman–Crippen LogP) is -1.04. The van der Waals surface area contributed by atoms with E-state index < -0.39 is 35.8 Å². The van der Waals surface area contributed by atoms with Crippen LogP contribution in [-0.2, 0) is 19.1 Å². The molecule has 3 atom stereocenters. The van der Waals surface area contributed by atoms with Gasteiger partial charge in [0.1, 0.15) is 6.10 Å². The van der Waals surface area contributed by atoms with Crippen LogP contribution in [0.25, 0.3) is 0 Å². The molecule has 0 radical (unpaired) electrons. The molecule has 2 aliphatic rings. The van der Waals surface area contributed by atoms with Crippen LogP contribution in [0.4, 0.5) is 0 Å². The molecule has 1 saturated heterocycles. The standard InChI is InChI=1S/C11H14O6/c12-6(5-3-1-2-4-5)7(13)10-8(14)9(15)11(16)17-10/h5-6,9-10,12,15H,1-4H2/t6?,9?,10-/m1/s1. The molecule has 17 heavy (non-hydrogen) atoms. The highest BCUT2D eigenvalue weighted by atomic mass is 16.6. The summed E-state index contributed by atoms with van der Waals surface area (Å²) in [6.45, 7) is 0. The van der Waals surface area contributed by atoms with E-state index in [1.165, 1.54) is 0 Å². The molecule has 1 saturated carbocycles. The van der Waals surface area contributed by atoms with Crippen molar-refractivity contribution >= 4 is 17.5 Å². The van der Waals surface area contributed by atoms with Crippen molar-refractivity contribution in [2.24, 2.45) is 5.92 Å². The Balaban J connectivity index is 2.05. The van der Waals surface area contributed by atoms with E-state index in [1.54, 1.807) is 0 Å².